The monoisotopic (exact) mass is 265 g/mol. The van der Waals surface area contributed by atoms with Gasteiger partial charge in [0.2, 0.25) is 0 Å². The van der Waals surface area contributed by atoms with Crippen LogP contribution >= 0.6 is 0 Å². The lowest BCUT2D eigenvalue weighted by Crippen LogP contribution is -2.02. The van der Waals surface area contributed by atoms with Crippen molar-refractivity contribution in [2.75, 3.05) is 0 Å². The van der Waals surface area contributed by atoms with E-state index in [2.05, 4.69) is 54.9 Å². The van der Waals surface area contributed by atoms with Crippen LogP contribution in [0.5, 0.6) is 0 Å². The van der Waals surface area contributed by atoms with E-state index in [9.17, 15) is 0 Å². The molecule has 3 aromatic rings. The summed E-state index contributed by atoms with van der Waals surface area (Å²) in [5.74, 6) is 1.09. The zero-order valence-corrected chi connectivity index (χ0v) is 11.9. The summed E-state index contributed by atoms with van der Waals surface area (Å²) in [6.07, 6.45) is 0.849. The first-order valence-corrected chi connectivity index (χ1v) is 6.88. The molecule has 1 aromatic heterocycles. The molecule has 0 saturated carbocycles. The second kappa shape index (κ2) is 5.10. The van der Waals surface area contributed by atoms with Crippen molar-refractivity contribution in [2.24, 2.45) is 12.8 Å². The van der Waals surface area contributed by atoms with E-state index in [1.165, 1.54) is 22.2 Å². The molecule has 0 aliphatic rings. The summed E-state index contributed by atoms with van der Waals surface area (Å²) < 4.78 is 2.17. The Morgan fingerprint density at radius 3 is 2.65 bits per heavy atom. The molecular formula is C17H19N3. The van der Waals surface area contributed by atoms with E-state index >= 15 is 0 Å². The molecule has 0 aliphatic carbocycles. The summed E-state index contributed by atoms with van der Waals surface area (Å²) in [4.78, 5) is 4.73. The Bertz CT molecular complexity index is 756. The van der Waals surface area contributed by atoms with E-state index in [1.54, 1.807) is 0 Å². The molecule has 2 aromatic carbocycles. The number of nitrogens with zero attached hydrogens (tertiary/aromatic N) is 2. The number of hydrogen-bond donors (Lipinski definition) is 1. The molecule has 3 rings (SSSR count). The van der Waals surface area contributed by atoms with E-state index in [0.29, 0.717) is 6.54 Å². The van der Waals surface area contributed by atoms with Crippen molar-refractivity contribution >= 4 is 11.0 Å². The van der Waals surface area contributed by atoms with Crippen LogP contribution in [0.2, 0.25) is 0 Å². The SMILES string of the molecule is Cc1cc(CN)ccc1Cc1nc2ccccc2n1C. The Labute approximate surface area is 119 Å². The molecule has 0 aliphatic heterocycles. The number of aryl methyl sites for hydroxylation is 2. The van der Waals surface area contributed by atoms with Crippen molar-refractivity contribution in [3.05, 3.63) is 65.0 Å². The number of hydrogen-bond acceptors (Lipinski definition) is 2. The van der Waals surface area contributed by atoms with Gasteiger partial charge in [0.25, 0.3) is 0 Å². The fourth-order valence-electron chi connectivity index (χ4n) is 2.61. The number of benzene rings is 2. The minimum atomic E-state index is 0.591. The molecule has 0 saturated heterocycles. The molecule has 0 unspecified atom stereocenters. The minimum absolute atomic E-state index is 0.591. The van der Waals surface area contributed by atoms with E-state index in [-0.39, 0.29) is 0 Å². The number of aromatic nitrogens is 2. The van der Waals surface area contributed by atoms with Crippen LogP contribution in [-0.2, 0) is 20.0 Å². The Kier molecular flexibility index (Phi) is 3.28. The third kappa shape index (κ3) is 2.21. The van der Waals surface area contributed by atoms with Gasteiger partial charge in [0.15, 0.2) is 0 Å². The topological polar surface area (TPSA) is 43.8 Å². The molecule has 0 radical (unpaired) electrons. The molecule has 0 fully saturated rings. The van der Waals surface area contributed by atoms with Crippen LogP contribution in [0.1, 0.15) is 22.5 Å². The van der Waals surface area contributed by atoms with Crippen LogP contribution in [0, 0.1) is 6.92 Å². The Balaban J connectivity index is 1.99. The van der Waals surface area contributed by atoms with Crippen molar-refractivity contribution in [2.45, 2.75) is 19.9 Å². The highest BCUT2D eigenvalue weighted by atomic mass is 15.1. The van der Waals surface area contributed by atoms with Gasteiger partial charge in [-0.05, 0) is 35.7 Å². The molecule has 1 heterocycles. The quantitative estimate of drug-likeness (QED) is 0.791. The summed E-state index contributed by atoms with van der Waals surface area (Å²) in [7, 11) is 2.08. The first-order valence-electron chi connectivity index (χ1n) is 6.88. The van der Waals surface area contributed by atoms with Crippen molar-refractivity contribution in [3.63, 3.8) is 0 Å². The Morgan fingerprint density at radius 2 is 1.95 bits per heavy atom. The van der Waals surface area contributed by atoms with Crippen LogP contribution in [-0.4, -0.2) is 9.55 Å². The summed E-state index contributed by atoms with van der Waals surface area (Å²) in [6.45, 7) is 2.73. The number of rotatable bonds is 3. The van der Waals surface area contributed by atoms with E-state index < -0.39 is 0 Å². The lowest BCUT2D eigenvalue weighted by atomic mass is 10.0. The average Bonchev–Trinajstić information content (AvgIpc) is 2.78. The first-order chi connectivity index (χ1) is 9.69. The molecule has 3 nitrogen and oxygen atoms in total. The maximum Gasteiger partial charge on any atom is 0.114 e. The van der Waals surface area contributed by atoms with Crippen molar-refractivity contribution in [1.29, 1.82) is 0 Å². The molecular weight excluding hydrogens is 246 g/mol. The van der Waals surface area contributed by atoms with E-state index in [1.807, 2.05) is 6.07 Å². The fourth-order valence-corrected chi connectivity index (χ4v) is 2.61. The third-order valence-corrected chi connectivity index (χ3v) is 3.87. The Hall–Kier alpha value is -2.13. The summed E-state index contributed by atoms with van der Waals surface area (Å²) in [5.41, 5.74) is 11.7. The molecule has 2 N–H and O–H groups in total. The second-order valence-electron chi connectivity index (χ2n) is 5.22. The summed E-state index contributed by atoms with van der Waals surface area (Å²) in [5, 5.41) is 0. The molecule has 102 valence electrons. The van der Waals surface area contributed by atoms with Gasteiger partial charge in [-0.15, -0.1) is 0 Å². The van der Waals surface area contributed by atoms with Crippen LogP contribution in [0.3, 0.4) is 0 Å². The van der Waals surface area contributed by atoms with Crippen LogP contribution < -0.4 is 5.73 Å². The number of imidazole rings is 1. The van der Waals surface area contributed by atoms with Gasteiger partial charge in [-0.1, -0.05) is 30.3 Å². The zero-order chi connectivity index (χ0) is 14.1. The number of para-hydroxylation sites is 2. The van der Waals surface area contributed by atoms with Gasteiger partial charge in [-0.2, -0.15) is 0 Å². The largest absolute Gasteiger partial charge is 0.331 e. The second-order valence-corrected chi connectivity index (χ2v) is 5.22. The van der Waals surface area contributed by atoms with E-state index in [4.69, 9.17) is 10.7 Å². The zero-order valence-electron chi connectivity index (χ0n) is 11.9. The summed E-state index contributed by atoms with van der Waals surface area (Å²) in [6, 6.07) is 14.7. The van der Waals surface area contributed by atoms with Gasteiger partial charge < -0.3 is 10.3 Å². The standard InChI is InChI=1S/C17H19N3/c1-12-9-13(11-18)7-8-14(12)10-17-19-15-5-3-4-6-16(15)20(17)2/h3-9H,10-11,18H2,1-2H3. The number of fused-ring (bicyclic) bond motifs is 1. The predicted octanol–water partition coefficient (Wildman–Crippen LogP) is 2.93. The highest BCUT2D eigenvalue weighted by Crippen LogP contribution is 2.19. The van der Waals surface area contributed by atoms with Gasteiger partial charge in [-0.25, -0.2) is 4.98 Å². The number of nitrogens with two attached hydrogens (primary N) is 1. The van der Waals surface area contributed by atoms with E-state index in [0.717, 1.165) is 17.8 Å². The fraction of sp³-hybridized carbons (Fsp3) is 0.235. The third-order valence-electron chi connectivity index (χ3n) is 3.87. The Morgan fingerprint density at radius 1 is 1.15 bits per heavy atom. The predicted molar refractivity (Wildman–Crippen MR) is 82.6 cm³/mol. The van der Waals surface area contributed by atoms with Gasteiger partial charge >= 0.3 is 0 Å². The van der Waals surface area contributed by atoms with Gasteiger partial charge in [0, 0.05) is 20.0 Å². The first kappa shape index (κ1) is 12.9. The van der Waals surface area contributed by atoms with Gasteiger partial charge in [0.1, 0.15) is 5.82 Å². The normalized spacial score (nSPS) is 11.2. The average molecular weight is 265 g/mol. The van der Waals surface area contributed by atoms with Crippen molar-refractivity contribution in [3.8, 4) is 0 Å². The highest BCUT2D eigenvalue weighted by molar-refractivity contribution is 5.75. The molecule has 3 heteroatoms. The molecule has 0 amide bonds. The minimum Gasteiger partial charge on any atom is -0.331 e. The maximum atomic E-state index is 5.68. The van der Waals surface area contributed by atoms with Crippen molar-refractivity contribution in [1.82, 2.24) is 9.55 Å². The van der Waals surface area contributed by atoms with Gasteiger partial charge in [0.05, 0.1) is 11.0 Å². The molecule has 0 atom stereocenters. The maximum absolute atomic E-state index is 5.68. The van der Waals surface area contributed by atoms with Crippen molar-refractivity contribution < 1.29 is 0 Å². The smallest absolute Gasteiger partial charge is 0.114 e. The lowest BCUT2D eigenvalue weighted by molar-refractivity contribution is 0.841. The van der Waals surface area contributed by atoms with Crippen LogP contribution in [0.4, 0.5) is 0 Å². The highest BCUT2D eigenvalue weighted by Gasteiger charge is 2.09. The van der Waals surface area contributed by atoms with Crippen LogP contribution in [0.25, 0.3) is 11.0 Å². The lowest BCUT2D eigenvalue weighted by Gasteiger charge is -2.08. The van der Waals surface area contributed by atoms with Gasteiger partial charge in [-0.3, -0.25) is 0 Å². The molecule has 20 heavy (non-hydrogen) atoms. The molecule has 0 bridgehead atoms. The summed E-state index contributed by atoms with van der Waals surface area (Å²) >= 11 is 0. The van der Waals surface area contributed by atoms with Crippen LogP contribution in [0.15, 0.2) is 42.5 Å². The molecule has 0 spiro atoms.